The molecule has 0 spiro atoms. The van der Waals surface area contributed by atoms with Crippen molar-refractivity contribution in [1.82, 2.24) is 0 Å². The number of cyclic esters (lactones) is 1. The maximum absolute atomic E-state index is 11.7. The normalized spacial score (nSPS) is 20.2. The quantitative estimate of drug-likeness (QED) is 0.836. The smallest absolute Gasteiger partial charge is 0.332 e. The van der Waals surface area contributed by atoms with Gasteiger partial charge in [0, 0.05) is 23.3 Å². The van der Waals surface area contributed by atoms with Gasteiger partial charge in [-0.05, 0) is 37.6 Å². The Labute approximate surface area is 128 Å². The fraction of sp³-hybridized carbons (Fsp3) is 0.167. The Hall–Kier alpha value is -2.75. The maximum Gasteiger partial charge on any atom is 0.332 e. The van der Waals surface area contributed by atoms with Crippen LogP contribution in [0.1, 0.15) is 22.3 Å². The van der Waals surface area contributed by atoms with Gasteiger partial charge in [0.05, 0.1) is 0 Å². The van der Waals surface area contributed by atoms with Gasteiger partial charge in [-0.2, -0.15) is 0 Å². The highest BCUT2D eigenvalue weighted by atomic mass is 16.6. The summed E-state index contributed by atoms with van der Waals surface area (Å²) in [5.74, 6) is -0.642. The van der Waals surface area contributed by atoms with Gasteiger partial charge in [0.25, 0.3) is 0 Å². The highest BCUT2D eigenvalue weighted by Gasteiger charge is 2.42. The van der Waals surface area contributed by atoms with Crippen molar-refractivity contribution in [2.75, 3.05) is 0 Å². The van der Waals surface area contributed by atoms with Gasteiger partial charge >= 0.3 is 5.97 Å². The Balaban J connectivity index is 2.26. The van der Waals surface area contributed by atoms with E-state index in [1.54, 1.807) is 12.1 Å². The highest BCUT2D eigenvalue weighted by molar-refractivity contribution is 5.86. The van der Waals surface area contributed by atoms with Crippen LogP contribution in [0, 0.1) is 13.8 Å². The van der Waals surface area contributed by atoms with Gasteiger partial charge < -0.3 is 14.9 Å². The molecule has 1 aliphatic heterocycles. The molecule has 3 rings (SSSR count). The molecule has 0 amide bonds. The van der Waals surface area contributed by atoms with Crippen LogP contribution < -0.4 is 0 Å². The Morgan fingerprint density at radius 3 is 2.32 bits per heavy atom. The number of carbonyl (C=O) groups is 1. The predicted octanol–water partition coefficient (Wildman–Crippen LogP) is 3.07. The summed E-state index contributed by atoms with van der Waals surface area (Å²) >= 11 is 0. The van der Waals surface area contributed by atoms with Crippen LogP contribution in [0.2, 0.25) is 0 Å². The average molecular weight is 296 g/mol. The SMILES string of the molecule is Cc1ccc(C2(c3ccc(O)cc3O)C=CC(=O)O2)c(C)c1. The Morgan fingerprint density at radius 2 is 1.73 bits per heavy atom. The number of phenols is 2. The molecule has 0 bridgehead atoms. The van der Waals surface area contributed by atoms with Crippen LogP contribution in [0.3, 0.4) is 0 Å². The molecular formula is C18H16O4. The zero-order valence-electron chi connectivity index (χ0n) is 12.3. The molecular weight excluding hydrogens is 280 g/mol. The van der Waals surface area contributed by atoms with Crippen LogP contribution in [0.5, 0.6) is 11.5 Å². The highest BCUT2D eigenvalue weighted by Crippen LogP contribution is 2.44. The number of ether oxygens (including phenoxy) is 1. The number of hydrogen-bond donors (Lipinski definition) is 2. The van der Waals surface area contributed by atoms with E-state index < -0.39 is 11.6 Å². The standard InChI is InChI=1S/C18H16O4/c1-11-3-5-14(12(2)9-11)18(8-7-17(21)22-18)15-6-4-13(19)10-16(15)20/h3-10,19-20H,1-2H3. The first-order chi connectivity index (χ1) is 10.4. The van der Waals surface area contributed by atoms with Crippen LogP contribution in [-0.2, 0) is 15.1 Å². The molecule has 1 aliphatic rings. The summed E-state index contributed by atoms with van der Waals surface area (Å²) in [4.78, 5) is 11.7. The molecule has 22 heavy (non-hydrogen) atoms. The van der Waals surface area contributed by atoms with Crippen molar-refractivity contribution in [2.24, 2.45) is 0 Å². The molecule has 0 saturated heterocycles. The summed E-state index contributed by atoms with van der Waals surface area (Å²) in [6, 6.07) is 10.1. The average Bonchev–Trinajstić information content (AvgIpc) is 2.81. The van der Waals surface area contributed by atoms with E-state index in [1.807, 2.05) is 32.0 Å². The summed E-state index contributed by atoms with van der Waals surface area (Å²) in [5, 5.41) is 19.7. The second kappa shape index (κ2) is 4.91. The van der Waals surface area contributed by atoms with E-state index in [4.69, 9.17) is 4.74 Å². The maximum atomic E-state index is 11.7. The lowest BCUT2D eigenvalue weighted by atomic mass is 9.83. The molecule has 0 fully saturated rings. The summed E-state index contributed by atoms with van der Waals surface area (Å²) in [6.07, 6.45) is 2.99. The minimum absolute atomic E-state index is 0.0506. The van der Waals surface area contributed by atoms with E-state index in [2.05, 4.69) is 0 Å². The molecule has 2 aromatic rings. The first-order valence-corrected chi connectivity index (χ1v) is 6.95. The van der Waals surface area contributed by atoms with Gasteiger partial charge in [-0.3, -0.25) is 0 Å². The van der Waals surface area contributed by atoms with Crippen LogP contribution in [0.4, 0.5) is 0 Å². The molecule has 112 valence electrons. The Morgan fingerprint density at radius 1 is 1.00 bits per heavy atom. The second-order valence-electron chi connectivity index (χ2n) is 5.51. The van der Waals surface area contributed by atoms with Crippen molar-refractivity contribution in [3.05, 3.63) is 70.8 Å². The number of aromatic hydroxyl groups is 2. The topological polar surface area (TPSA) is 66.8 Å². The fourth-order valence-corrected chi connectivity index (χ4v) is 2.91. The van der Waals surface area contributed by atoms with Crippen molar-refractivity contribution in [2.45, 2.75) is 19.4 Å². The van der Waals surface area contributed by atoms with E-state index in [1.165, 1.54) is 18.2 Å². The number of phenolic OH excluding ortho intramolecular Hbond substituents is 2. The van der Waals surface area contributed by atoms with Crippen LogP contribution >= 0.6 is 0 Å². The lowest BCUT2D eigenvalue weighted by molar-refractivity contribution is -0.143. The second-order valence-corrected chi connectivity index (χ2v) is 5.51. The van der Waals surface area contributed by atoms with Crippen molar-refractivity contribution in [1.29, 1.82) is 0 Å². The number of hydrogen-bond acceptors (Lipinski definition) is 4. The molecule has 1 atom stereocenters. The van der Waals surface area contributed by atoms with E-state index in [9.17, 15) is 15.0 Å². The van der Waals surface area contributed by atoms with E-state index in [-0.39, 0.29) is 11.5 Å². The van der Waals surface area contributed by atoms with E-state index in [0.29, 0.717) is 5.56 Å². The first kappa shape index (κ1) is 14.2. The van der Waals surface area contributed by atoms with Crippen molar-refractivity contribution < 1.29 is 19.7 Å². The number of esters is 1. The largest absolute Gasteiger partial charge is 0.508 e. The molecule has 0 aromatic heterocycles. The van der Waals surface area contributed by atoms with Crippen molar-refractivity contribution >= 4 is 5.97 Å². The minimum Gasteiger partial charge on any atom is -0.508 e. The lowest BCUT2D eigenvalue weighted by Crippen LogP contribution is -2.28. The monoisotopic (exact) mass is 296 g/mol. The van der Waals surface area contributed by atoms with Crippen molar-refractivity contribution in [3.63, 3.8) is 0 Å². The molecule has 4 nitrogen and oxygen atoms in total. The van der Waals surface area contributed by atoms with Crippen LogP contribution in [0.15, 0.2) is 48.6 Å². The molecule has 1 unspecified atom stereocenters. The third-order valence-electron chi connectivity index (χ3n) is 3.88. The van der Waals surface area contributed by atoms with Gasteiger partial charge in [0.1, 0.15) is 11.5 Å². The molecule has 4 heteroatoms. The van der Waals surface area contributed by atoms with Gasteiger partial charge in [-0.25, -0.2) is 4.79 Å². The molecule has 1 heterocycles. The molecule has 0 radical (unpaired) electrons. The van der Waals surface area contributed by atoms with E-state index >= 15 is 0 Å². The third kappa shape index (κ3) is 2.13. The zero-order valence-corrected chi connectivity index (χ0v) is 12.3. The molecule has 0 aliphatic carbocycles. The van der Waals surface area contributed by atoms with Crippen molar-refractivity contribution in [3.8, 4) is 11.5 Å². The third-order valence-corrected chi connectivity index (χ3v) is 3.88. The Kier molecular flexibility index (Phi) is 3.17. The number of aryl methyl sites for hydroxylation is 2. The van der Waals surface area contributed by atoms with Crippen LogP contribution in [0.25, 0.3) is 0 Å². The van der Waals surface area contributed by atoms with Crippen LogP contribution in [-0.4, -0.2) is 16.2 Å². The molecule has 0 saturated carbocycles. The van der Waals surface area contributed by atoms with Gasteiger partial charge in [-0.15, -0.1) is 0 Å². The van der Waals surface area contributed by atoms with Gasteiger partial charge in [0.15, 0.2) is 5.60 Å². The minimum atomic E-state index is -1.17. The number of rotatable bonds is 2. The fourth-order valence-electron chi connectivity index (χ4n) is 2.91. The number of benzene rings is 2. The van der Waals surface area contributed by atoms with Gasteiger partial charge in [0.2, 0.25) is 0 Å². The predicted molar refractivity (Wildman–Crippen MR) is 81.7 cm³/mol. The summed E-state index contributed by atoms with van der Waals surface area (Å²) in [6.45, 7) is 3.92. The summed E-state index contributed by atoms with van der Waals surface area (Å²) < 4.78 is 5.57. The summed E-state index contributed by atoms with van der Waals surface area (Å²) in [7, 11) is 0. The lowest BCUT2D eigenvalue weighted by Gasteiger charge is -2.30. The first-order valence-electron chi connectivity index (χ1n) is 6.95. The summed E-state index contributed by atoms with van der Waals surface area (Å²) in [5.41, 5.74) is 2.07. The Bertz CT molecular complexity index is 738. The zero-order chi connectivity index (χ0) is 15.9. The molecule has 2 N–H and O–H groups in total. The number of carbonyl (C=O) groups excluding carboxylic acids is 1. The van der Waals surface area contributed by atoms with E-state index in [0.717, 1.165) is 16.7 Å². The van der Waals surface area contributed by atoms with Gasteiger partial charge in [-0.1, -0.05) is 23.8 Å². The molecule has 2 aromatic carbocycles.